The third kappa shape index (κ3) is 4.45. The maximum absolute atomic E-state index is 6.60. The third-order valence-corrected chi connectivity index (χ3v) is 5.27. The minimum absolute atomic E-state index is 0.535. The summed E-state index contributed by atoms with van der Waals surface area (Å²) in [4.78, 5) is 0. The van der Waals surface area contributed by atoms with E-state index in [1.54, 1.807) is 26.0 Å². The van der Waals surface area contributed by atoms with Crippen molar-refractivity contribution in [3.63, 3.8) is 0 Å². The van der Waals surface area contributed by atoms with Gasteiger partial charge in [-0.25, -0.2) is 4.68 Å². The number of halogens is 2. The third-order valence-electron chi connectivity index (χ3n) is 4.56. The van der Waals surface area contributed by atoms with Crippen LogP contribution in [0.25, 0.3) is 5.69 Å². The molecule has 0 fully saturated rings. The van der Waals surface area contributed by atoms with E-state index in [0.717, 1.165) is 22.5 Å². The Morgan fingerprint density at radius 3 is 2.21 bits per heavy atom. The summed E-state index contributed by atoms with van der Waals surface area (Å²) in [5.41, 5.74) is 3.50. The molecular weight excluding hydrogens is 413 g/mol. The summed E-state index contributed by atoms with van der Waals surface area (Å²) in [7, 11) is 4.78. The molecule has 1 aromatic heterocycles. The normalized spacial score (nSPS) is 10.8. The summed E-state index contributed by atoms with van der Waals surface area (Å²) >= 11 is 12.9. The molecule has 0 unspecified atom stereocenters. The van der Waals surface area contributed by atoms with E-state index in [-0.39, 0.29) is 0 Å². The van der Waals surface area contributed by atoms with Crippen LogP contribution in [0.15, 0.2) is 36.4 Å². The van der Waals surface area contributed by atoms with Crippen molar-refractivity contribution in [3.05, 3.63) is 63.4 Å². The van der Waals surface area contributed by atoms with Gasteiger partial charge in [0, 0.05) is 18.7 Å². The molecule has 0 amide bonds. The zero-order valence-electron chi connectivity index (χ0n) is 16.8. The molecule has 3 aromatic rings. The van der Waals surface area contributed by atoms with Crippen LogP contribution in [0.2, 0.25) is 10.2 Å². The predicted octanol–water partition coefficient (Wildman–Crippen LogP) is 4.80. The molecule has 154 valence electrons. The molecule has 0 saturated heterocycles. The lowest BCUT2D eigenvalue weighted by atomic mass is 10.1. The lowest BCUT2D eigenvalue weighted by Gasteiger charge is -2.14. The Morgan fingerprint density at radius 1 is 0.966 bits per heavy atom. The summed E-state index contributed by atoms with van der Waals surface area (Å²) in [6, 6.07) is 11.3. The lowest BCUT2D eigenvalue weighted by molar-refractivity contribution is 0.323. The molecule has 1 N–H and O–H groups in total. The largest absolute Gasteiger partial charge is 0.493 e. The van der Waals surface area contributed by atoms with Gasteiger partial charge >= 0.3 is 0 Å². The van der Waals surface area contributed by atoms with Gasteiger partial charge in [-0.15, -0.1) is 0 Å². The van der Waals surface area contributed by atoms with Gasteiger partial charge in [-0.1, -0.05) is 35.3 Å². The summed E-state index contributed by atoms with van der Waals surface area (Å²) in [5.74, 6) is 1.80. The second-order valence-corrected chi connectivity index (χ2v) is 7.12. The summed E-state index contributed by atoms with van der Waals surface area (Å²) in [6.45, 7) is 3.06. The standard InChI is InChI=1S/C21H23Cl2N3O3/c1-13-15(21(23)26(25-13)17-8-6-5-7-16(17)22)12-24-11-14-9-18(27-2)20(29-4)19(10-14)28-3/h5-10,24H,11-12H2,1-4H3. The Kier molecular flexibility index (Phi) is 6.90. The Bertz CT molecular complexity index is 980. The second kappa shape index (κ2) is 9.39. The molecule has 6 nitrogen and oxygen atoms in total. The number of aryl methyl sites for hydroxylation is 1. The van der Waals surface area contributed by atoms with Gasteiger partial charge in [0.2, 0.25) is 5.75 Å². The molecule has 0 aliphatic carbocycles. The predicted molar refractivity (Wildman–Crippen MR) is 115 cm³/mol. The fraction of sp³-hybridized carbons (Fsp3) is 0.286. The van der Waals surface area contributed by atoms with Gasteiger partial charge < -0.3 is 19.5 Å². The molecule has 0 bridgehead atoms. The molecule has 1 heterocycles. The molecule has 29 heavy (non-hydrogen) atoms. The first-order chi connectivity index (χ1) is 14.0. The highest BCUT2D eigenvalue weighted by molar-refractivity contribution is 6.33. The average Bonchev–Trinajstić information content (AvgIpc) is 3.01. The van der Waals surface area contributed by atoms with E-state index >= 15 is 0 Å². The fourth-order valence-electron chi connectivity index (χ4n) is 3.08. The first-order valence-electron chi connectivity index (χ1n) is 8.98. The first-order valence-corrected chi connectivity index (χ1v) is 9.74. The number of ether oxygens (including phenoxy) is 3. The SMILES string of the molecule is COc1cc(CNCc2c(C)nn(-c3ccccc3Cl)c2Cl)cc(OC)c1OC. The Balaban J connectivity index is 1.77. The Hall–Kier alpha value is -2.41. The zero-order chi connectivity index (χ0) is 21.0. The maximum Gasteiger partial charge on any atom is 0.203 e. The smallest absolute Gasteiger partial charge is 0.203 e. The molecule has 2 aromatic carbocycles. The molecular formula is C21H23Cl2N3O3. The zero-order valence-corrected chi connectivity index (χ0v) is 18.3. The highest BCUT2D eigenvalue weighted by atomic mass is 35.5. The van der Waals surface area contributed by atoms with E-state index in [0.29, 0.717) is 40.5 Å². The van der Waals surface area contributed by atoms with E-state index in [1.807, 2.05) is 43.3 Å². The number of aromatic nitrogens is 2. The van der Waals surface area contributed by atoms with Gasteiger partial charge in [0.05, 0.1) is 37.7 Å². The van der Waals surface area contributed by atoms with Crippen molar-refractivity contribution in [1.29, 1.82) is 0 Å². The number of nitrogens with one attached hydrogen (secondary N) is 1. The summed E-state index contributed by atoms with van der Waals surface area (Å²) in [5, 5.41) is 9.07. The van der Waals surface area contributed by atoms with Crippen LogP contribution in [0.1, 0.15) is 16.8 Å². The topological polar surface area (TPSA) is 57.5 Å². The number of rotatable bonds is 8. The molecule has 3 rings (SSSR count). The second-order valence-electron chi connectivity index (χ2n) is 6.36. The quantitative estimate of drug-likeness (QED) is 0.550. The molecule has 0 spiro atoms. The van der Waals surface area contributed by atoms with Crippen molar-refractivity contribution in [2.75, 3.05) is 21.3 Å². The maximum atomic E-state index is 6.60. The van der Waals surface area contributed by atoms with Crippen LogP contribution in [0, 0.1) is 6.92 Å². The van der Waals surface area contributed by atoms with Crippen LogP contribution in [0.5, 0.6) is 17.2 Å². The first kappa shape index (κ1) is 21.3. The number of nitrogens with zero attached hydrogens (tertiary/aromatic N) is 2. The van der Waals surface area contributed by atoms with Crippen LogP contribution in [-0.4, -0.2) is 31.1 Å². The fourth-order valence-corrected chi connectivity index (χ4v) is 3.63. The van der Waals surface area contributed by atoms with E-state index in [2.05, 4.69) is 10.4 Å². The van der Waals surface area contributed by atoms with Crippen LogP contribution >= 0.6 is 23.2 Å². The van der Waals surface area contributed by atoms with Crippen molar-refractivity contribution in [2.24, 2.45) is 0 Å². The lowest BCUT2D eigenvalue weighted by Crippen LogP contribution is -2.13. The van der Waals surface area contributed by atoms with Gasteiger partial charge in [-0.05, 0) is 36.8 Å². The van der Waals surface area contributed by atoms with Gasteiger partial charge in [0.15, 0.2) is 11.5 Å². The van der Waals surface area contributed by atoms with E-state index in [1.165, 1.54) is 0 Å². The van der Waals surface area contributed by atoms with Crippen molar-refractivity contribution < 1.29 is 14.2 Å². The van der Waals surface area contributed by atoms with E-state index in [4.69, 9.17) is 37.4 Å². The van der Waals surface area contributed by atoms with Crippen molar-refractivity contribution in [3.8, 4) is 22.9 Å². The number of para-hydroxylation sites is 1. The number of methoxy groups -OCH3 is 3. The molecule has 0 aliphatic heterocycles. The number of hydrogen-bond donors (Lipinski definition) is 1. The molecule has 0 saturated carbocycles. The van der Waals surface area contributed by atoms with Gasteiger partial charge in [0.25, 0.3) is 0 Å². The minimum Gasteiger partial charge on any atom is -0.493 e. The average molecular weight is 436 g/mol. The van der Waals surface area contributed by atoms with Crippen LogP contribution in [0.4, 0.5) is 0 Å². The van der Waals surface area contributed by atoms with Crippen molar-refractivity contribution in [2.45, 2.75) is 20.0 Å². The minimum atomic E-state index is 0.535. The molecule has 0 radical (unpaired) electrons. The van der Waals surface area contributed by atoms with Crippen LogP contribution in [-0.2, 0) is 13.1 Å². The van der Waals surface area contributed by atoms with E-state index < -0.39 is 0 Å². The van der Waals surface area contributed by atoms with Gasteiger partial charge in [0.1, 0.15) is 5.15 Å². The molecule has 0 atom stereocenters. The molecule has 0 aliphatic rings. The molecule has 8 heteroatoms. The van der Waals surface area contributed by atoms with Crippen LogP contribution < -0.4 is 19.5 Å². The highest BCUT2D eigenvalue weighted by Gasteiger charge is 2.17. The monoisotopic (exact) mass is 435 g/mol. The Morgan fingerprint density at radius 2 is 1.62 bits per heavy atom. The van der Waals surface area contributed by atoms with Gasteiger partial charge in [-0.2, -0.15) is 5.10 Å². The number of hydrogen-bond acceptors (Lipinski definition) is 5. The van der Waals surface area contributed by atoms with Gasteiger partial charge in [-0.3, -0.25) is 0 Å². The van der Waals surface area contributed by atoms with Crippen LogP contribution in [0.3, 0.4) is 0 Å². The number of benzene rings is 2. The van der Waals surface area contributed by atoms with Crippen molar-refractivity contribution in [1.82, 2.24) is 15.1 Å². The highest BCUT2D eigenvalue weighted by Crippen LogP contribution is 2.38. The van der Waals surface area contributed by atoms with E-state index in [9.17, 15) is 0 Å². The van der Waals surface area contributed by atoms with Crippen molar-refractivity contribution >= 4 is 23.2 Å². The Labute approximate surface area is 180 Å². The summed E-state index contributed by atoms with van der Waals surface area (Å²) < 4.78 is 17.8. The summed E-state index contributed by atoms with van der Waals surface area (Å²) in [6.07, 6.45) is 0.